The molecule has 1 heterocycles. The number of nitrogens with zero attached hydrogens (tertiary/aromatic N) is 1. The molecule has 0 aliphatic rings. The molecule has 9 heteroatoms. The summed E-state index contributed by atoms with van der Waals surface area (Å²) in [5.74, 6) is -0.616. The van der Waals surface area contributed by atoms with Gasteiger partial charge in [-0.1, -0.05) is 0 Å². The molecule has 2 nitrogen and oxygen atoms in total. The van der Waals surface area contributed by atoms with E-state index in [0.717, 1.165) is 12.3 Å². The number of pyridine rings is 1. The summed E-state index contributed by atoms with van der Waals surface area (Å²) in [6.07, 6.45) is -9.27. The van der Waals surface area contributed by atoms with Gasteiger partial charge in [0, 0.05) is 17.2 Å². The molecule has 0 aliphatic carbocycles. The smallest absolute Gasteiger partial charge is 0.369 e. The average Bonchev–Trinajstić information content (AvgIpc) is 2.17. The van der Waals surface area contributed by atoms with Crippen molar-refractivity contribution in [2.45, 2.75) is 18.8 Å². The van der Waals surface area contributed by atoms with Crippen LogP contribution >= 0.6 is 15.9 Å². The van der Waals surface area contributed by atoms with Gasteiger partial charge in [0.25, 0.3) is 0 Å². The molecule has 1 aromatic rings. The van der Waals surface area contributed by atoms with Crippen LogP contribution in [0.2, 0.25) is 0 Å². The predicted molar refractivity (Wildman–Crippen MR) is 56.1 cm³/mol. The molecule has 102 valence electrons. The van der Waals surface area contributed by atoms with Gasteiger partial charge in [0.05, 0.1) is 12.0 Å². The highest BCUT2D eigenvalue weighted by Crippen LogP contribution is 2.35. The maximum absolute atomic E-state index is 12.6. The van der Waals surface area contributed by atoms with E-state index in [9.17, 15) is 26.3 Å². The molecule has 0 radical (unpaired) electrons. The summed E-state index contributed by atoms with van der Waals surface area (Å²) >= 11 is 2.82. The minimum Gasteiger partial charge on any atom is -0.369 e. The Morgan fingerprint density at radius 1 is 1.17 bits per heavy atom. The summed E-state index contributed by atoms with van der Waals surface area (Å²) in [4.78, 5) is 3.42. The number of hydrogen-bond acceptors (Lipinski definition) is 2. The molecule has 0 amide bonds. The first kappa shape index (κ1) is 15.1. The second kappa shape index (κ2) is 5.33. The Hall–Kier alpha value is -0.990. The Kier molecular flexibility index (Phi) is 4.46. The molecule has 0 spiro atoms. The second-order valence-electron chi connectivity index (χ2n) is 3.34. The van der Waals surface area contributed by atoms with E-state index in [2.05, 4.69) is 20.9 Å². The number of halogens is 7. The lowest BCUT2D eigenvalue weighted by molar-refractivity contribution is -0.137. The quantitative estimate of drug-likeness (QED) is 0.835. The fourth-order valence-corrected chi connectivity index (χ4v) is 1.45. The normalized spacial score (nSPS) is 12.6. The predicted octanol–water partition coefficient (Wildman–Crippen LogP) is 4.23. The highest BCUT2D eigenvalue weighted by Gasteiger charge is 2.35. The lowest BCUT2D eigenvalue weighted by Crippen LogP contribution is -2.18. The van der Waals surface area contributed by atoms with Crippen LogP contribution in [0.1, 0.15) is 12.0 Å². The highest BCUT2D eigenvalue weighted by atomic mass is 79.9. The Labute approximate surface area is 107 Å². The standard InChI is InChI=1S/C9H7BrF6N2/c10-5-3-6(9(14,15)16)7(18-4-5)17-2-1-8(11,12)13/h3-4H,1-2H2,(H,17,18). The molecule has 0 saturated heterocycles. The molecule has 1 rings (SSSR count). The number of hydrogen-bond donors (Lipinski definition) is 1. The van der Waals surface area contributed by atoms with Crippen LogP contribution in [0.4, 0.5) is 32.2 Å². The largest absolute Gasteiger partial charge is 0.419 e. The van der Waals surface area contributed by atoms with Crippen LogP contribution < -0.4 is 5.32 Å². The highest BCUT2D eigenvalue weighted by molar-refractivity contribution is 9.10. The molecular weight excluding hydrogens is 330 g/mol. The van der Waals surface area contributed by atoms with Gasteiger partial charge in [-0.05, 0) is 22.0 Å². The third-order valence-electron chi connectivity index (χ3n) is 1.86. The Bertz CT molecular complexity index is 414. The van der Waals surface area contributed by atoms with E-state index >= 15 is 0 Å². The van der Waals surface area contributed by atoms with Gasteiger partial charge in [-0.3, -0.25) is 0 Å². The molecule has 0 atom stereocenters. The van der Waals surface area contributed by atoms with Crippen molar-refractivity contribution in [3.8, 4) is 0 Å². The monoisotopic (exact) mass is 336 g/mol. The van der Waals surface area contributed by atoms with Crippen molar-refractivity contribution in [1.82, 2.24) is 4.98 Å². The van der Waals surface area contributed by atoms with E-state index in [1.807, 2.05) is 5.32 Å². The Balaban J connectivity index is 2.83. The summed E-state index contributed by atoms with van der Waals surface area (Å²) in [5.41, 5.74) is -1.11. The number of aromatic nitrogens is 1. The fraction of sp³-hybridized carbons (Fsp3) is 0.444. The maximum atomic E-state index is 12.6. The van der Waals surface area contributed by atoms with Gasteiger partial charge < -0.3 is 5.32 Å². The van der Waals surface area contributed by atoms with Crippen molar-refractivity contribution in [3.05, 3.63) is 22.3 Å². The zero-order valence-electron chi connectivity index (χ0n) is 8.66. The third kappa shape index (κ3) is 4.71. The van der Waals surface area contributed by atoms with Crippen molar-refractivity contribution < 1.29 is 26.3 Å². The van der Waals surface area contributed by atoms with Gasteiger partial charge in [-0.25, -0.2) is 4.98 Å². The van der Waals surface area contributed by atoms with Crippen molar-refractivity contribution in [3.63, 3.8) is 0 Å². The van der Waals surface area contributed by atoms with Crippen LogP contribution in [-0.4, -0.2) is 17.7 Å². The molecular formula is C9H7BrF6N2. The molecule has 1 N–H and O–H groups in total. The van der Waals surface area contributed by atoms with Crippen molar-refractivity contribution in [2.75, 3.05) is 11.9 Å². The minimum absolute atomic E-state index is 0.0937. The fourth-order valence-electron chi connectivity index (χ4n) is 1.12. The van der Waals surface area contributed by atoms with E-state index in [4.69, 9.17) is 0 Å². The van der Waals surface area contributed by atoms with Crippen LogP contribution in [0.15, 0.2) is 16.7 Å². The van der Waals surface area contributed by atoms with Crippen molar-refractivity contribution >= 4 is 21.7 Å². The minimum atomic E-state index is -4.68. The number of nitrogens with one attached hydrogen (secondary N) is 1. The molecule has 1 aromatic heterocycles. The summed E-state index contributed by atoms with van der Waals surface area (Å²) in [7, 11) is 0. The van der Waals surface area contributed by atoms with E-state index in [-0.39, 0.29) is 4.47 Å². The Morgan fingerprint density at radius 3 is 2.28 bits per heavy atom. The molecule has 18 heavy (non-hydrogen) atoms. The van der Waals surface area contributed by atoms with E-state index in [1.165, 1.54) is 0 Å². The zero-order valence-corrected chi connectivity index (χ0v) is 10.2. The molecule has 0 bridgehead atoms. The van der Waals surface area contributed by atoms with Crippen LogP contribution in [0.5, 0.6) is 0 Å². The van der Waals surface area contributed by atoms with Crippen LogP contribution in [0.25, 0.3) is 0 Å². The zero-order chi connectivity index (χ0) is 14.0. The lowest BCUT2D eigenvalue weighted by Gasteiger charge is -2.14. The number of alkyl halides is 6. The summed E-state index contributed by atoms with van der Waals surface area (Å²) in [6, 6.07) is 0.753. The molecule has 0 aliphatic heterocycles. The van der Waals surface area contributed by atoms with Gasteiger partial charge in [0.2, 0.25) is 0 Å². The van der Waals surface area contributed by atoms with Gasteiger partial charge in [0.1, 0.15) is 5.82 Å². The first-order valence-corrected chi connectivity index (χ1v) is 5.42. The SMILES string of the molecule is FC(F)(F)CCNc1ncc(Br)cc1C(F)(F)F. The van der Waals surface area contributed by atoms with E-state index in [0.29, 0.717) is 0 Å². The maximum Gasteiger partial charge on any atom is 0.419 e. The Morgan fingerprint density at radius 2 is 1.78 bits per heavy atom. The van der Waals surface area contributed by atoms with Crippen LogP contribution in [0, 0.1) is 0 Å². The van der Waals surface area contributed by atoms with Crippen molar-refractivity contribution in [2.24, 2.45) is 0 Å². The van der Waals surface area contributed by atoms with Crippen LogP contribution in [0.3, 0.4) is 0 Å². The van der Waals surface area contributed by atoms with Crippen molar-refractivity contribution in [1.29, 1.82) is 0 Å². The van der Waals surface area contributed by atoms with Gasteiger partial charge in [-0.2, -0.15) is 26.3 Å². The second-order valence-corrected chi connectivity index (χ2v) is 4.26. The summed E-state index contributed by atoms with van der Waals surface area (Å²) < 4.78 is 73.4. The number of rotatable bonds is 3. The molecule has 0 unspecified atom stereocenters. The first-order chi connectivity index (χ1) is 8.09. The topological polar surface area (TPSA) is 24.9 Å². The van der Waals surface area contributed by atoms with Crippen LogP contribution in [-0.2, 0) is 6.18 Å². The number of anilines is 1. The van der Waals surface area contributed by atoms with E-state index < -0.39 is 36.7 Å². The van der Waals surface area contributed by atoms with E-state index in [1.54, 1.807) is 0 Å². The average molecular weight is 337 g/mol. The molecule has 0 aromatic carbocycles. The summed E-state index contributed by atoms with van der Waals surface area (Å²) in [5, 5.41) is 2.03. The summed E-state index contributed by atoms with van der Waals surface area (Å²) in [6.45, 7) is -0.665. The first-order valence-electron chi connectivity index (χ1n) is 4.63. The molecule has 0 fully saturated rings. The molecule has 0 saturated carbocycles. The van der Waals surface area contributed by atoms with Gasteiger partial charge >= 0.3 is 12.4 Å². The lowest BCUT2D eigenvalue weighted by atomic mass is 10.2. The third-order valence-corrected chi connectivity index (χ3v) is 2.29. The van der Waals surface area contributed by atoms with Gasteiger partial charge in [0.15, 0.2) is 0 Å². The van der Waals surface area contributed by atoms with Gasteiger partial charge in [-0.15, -0.1) is 0 Å².